The molecular formula is C12H23N3O2. The predicted molar refractivity (Wildman–Crippen MR) is 66.9 cm³/mol. The molecule has 0 spiro atoms. The van der Waals surface area contributed by atoms with Crippen LogP contribution in [0.15, 0.2) is 5.16 Å². The Hall–Kier alpha value is -1.26. The third kappa shape index (κ3) is 3.61. The lowest BCUT2D eigenvalue weighted by molar-refractivity contribution is -0.122. The smallest absolute Gasteiger partial charge is 0.220 e. The third-order valence-corrected chi connectivity index (χ3v) is 3.44. The Morgan fingerprint density at radius 1 is 1.41 bits per heavy atom. The molecular weight excluding hydrogens is 218 g/mol. The minimum absolute atomic E-state index is 0.00644. The summed E-state index contributed by atoms with van der Waals surface area (Å²) in [6, 6.07) is 0. The van der Waals surface area contributed by atoms with Gasteiger partial charge in [0, 0.05) is 6.42 Å². The molecule has 0 atom stereocenters. The molecule has 0 unspecified atom stereocenters. The van der Waals surface area contributed by atoms with E-state index >= 15 is 0 Å². The summed E-state index contributed by atoms with van der Waals surface area (Å²) < 4.78 is 0. The summed E-state index contributed by atoms with van der Waals surface area (Å²) in [5, 5.41) is 14.8. The van der Waals surface area contributed by atoms with Gasteiger partial charge in [-0.2, -0.15) is 0 Å². The van der Waals surface area contributed by atoms with Crippen molar-refractivity contribution in [3.8, 4) is 0 Å². The molecule has 0 saturated heterocycles. The van der Waals surface area contributed by atoms with Gasteiger partial charge in [0.05, 0.1) is 0 Å². The van der Waals surface area contributed by atoms with Crippen LogP contribution in [0.5, 0.6) is 0 Å². The minimum atomic E-state index is -0.599. The lowest BCUT2D eigenvalue weighted by atomic mass is 9.95. The van der Waals surface area contributed by atoms with Gasteiger partial charge in [0.15, 0.2) is 5.84 Å². The number of rotatable bonds is 6. The van der Waals surface area contributed by atoms with Gasteiger partial charge in [0.1, 0.15) is 5.54 Å². The zero-order valence-electron chi connectivity index (χ0n) is 10.5. The number of nitrogens with two attached hydrogens (primary N) is 1. The average molecular weight is 241 g/mol. The highest BCUT2D eigenvalue weighted by Gasteiger charge is 2.39. The molecule has 0 bridgehead atoms. The second-order valence-electron chi connectivity index (χ2n) is 4.78. The van der Waals surface area contributed by atoms with Crippen LogP contribution in [0.2, 0.25) is 0 Å². The number of carbonyl (C=O) groups is 1. The van der Waals surface area contributed by atoms with Crippen LogP contribution in [0.1, 0.15) is 58.3 Å². The third-order valence-electron chi connectivity index (χ3n) is 3.44. The topological polar surface area (TPSA) is 87.7 Å². The SMILES string of the molecule is CCCCCC(=O)NC1(/C(N)=N/O)CCCC1. The van der Waals surface area contributed by atoms with Crippen LogP contribution in [0.4, 0.5) is 0 Å². The van der Waals surface area contributed by atoms with E-state index in [0.29, 0.717) is 6.42 Å². The average Bonchev–Trinajstić information content (AvgIpc) is 2.78. The molecule has 0 aliphatic heterocycles. The van der Waals surface area contributed by atoms with E-state index in [-0.39, 0.29) is 11.7 Å². The standard InChI is InChI=1S/C12H23N3O2/c1-2-3-4-7-10(16)14-12(11(13)15-17)8-5-6-9-12/h17H,2-9H2,1H3,(H2,13,15)(H,14,16). The number of nitrogens with one attached hydrogen (secondary N) is 1. The highest BCUT2D eigenvalue weighted by molar-refractivity contribution is 5.94. The molecule has 1 amide bonds. The molecule has 5 heteroatoms. The maximum absolute atomic E-state index is 11.8. The number of amidine groups is 1. The summed E-state index contributed by atoms with van der Waals surface area (Å²) in [5.74, 6) is 0.144. The van der Waals surface area contributed by atoms with Crippen molar-refractivity contribution < 1.29 is 10.0 Å². The number of hydrogen-bond donors (Lipinski definition) is 3. The Bertz CT molecular complexity index is 283. The van der Waals surface area contributed by atoms with Crippen LogP contribution < -0.4 is 11.1 Å². The molecule has 0 heterocycles. The first-order valence-electron chi connectivity index (χ1n) is 6.43. The van der Waals surface area contributed by atoms with E-state index < -0.39 is 5.54 Å². The van der Waals surface area contributed by atoms with Gasteiger partial charge in [0.2, 0.25) is 5.91 Å². The Morgan fingerprint density at radius 2 is 2.06 bits per heavy atom. The number of amides is 1. The maximum atomic E-state index is 11.8. The molecule has 1 aliphatic carbocycles. The Morgan fingerprint density at radius 3 is 2.59 bits per heavy atom. The van der Waals surface area contributed by atoms with Crippen molar-refractivity contribution in [3.05, 3.63) is 0 Å². The van der Waals surface area contributed by atoms with Crippen molar-refractivity contribution in [3.63, 3.8) is 0 Å². The molecule has 1 aliphatic rings. The fourth-order valence-electron chi connectivity index (χ4n) is 2.38. The molecule has 5 nitrogen and oxygen atoms in total. The summed E-state index contributed by atoms with van der Waals surface area (Å²) in [6.07, 6.45) is 7.12. The summed E-state index contributed by atoms with van der Waals surface area (Å²) in [5.41, 5.74) is 5.10. The summed E-state index contributed by atoms with van der Waals surface area (Å²) in [7, 11) is 0. The van der Waals surface area contributed by atoms with Crippen molar-refractivity contribution in [2.45, 2.75) is 63.8 Å². The van der Waals surface area contributed by atoms with E-state index in [9.17, 15) is 4.79 Å². The fraction of sp³-hybridized carbons (Fsp3) is 0.833. The van der Waals surface area contributed by atoms with E-state index in [4.69, 9.17) is 10.9 Å². The first-order valence-corrected chi connectivity index (χ1v) is 6.43. The molecule has 0 aromatic rings. The van der Waals surface area contributed by atoms with Crippen LogP contribution in [0.3, 0.4) is 0 Å². The van der Waals surface area contributed by atoms with Crippen molar-refractivity contribution in [2.75, 3.05) is 0 Å². The van der Waals surface area contributed by atoms with E-state index in [0.717, 1.165) is 44.9 Å². The molecule has 1 saturated carbocycles. The van der Waals surface area contributed by atoms with Gasteiger partial charge in [-0.3, -0.25) is 4.79 Å². The van der Waals surface area contributed by atoms with Gasteiger partial charge >= 0.3 is 0 Å². The van der Waals surface area contributed by atoms with Crippen LogP contribution >= 0.6 is 0 Å². The van der Waals surface area contributed by atoms with Crippen molar-refractivity contribution >= 4 is 11.7 Å². The number of hydrogen-bond acceptors (Lipinski definition) is 3. The van der Waals surface area contributed by atoms with Crippen LogP contribution in [0, 0.1) is 0 Å². The minimum Gasteiger partial charge on any atom is -0.409 e. The predicted octanol–water partition coefficient (Wildman–Crippen LogP) is 1.74. The summed E-state index contributed by atoms with van der Waals surface area (Å²) >= 11 is 0. The van der Waals surface area contributed by atoms with Gasteiger partial charge in [-0.1, -0.05) is 37.8 Å². The quantitative estimate of drug-likeness (QED) is 0.217. The molecule has 0 radical (unpaired) electrons. The molecule has 98 valence electrons. The number of oxime groups is 1. The van der Waals surface area contributed by atoms with Gasteiger partial charge in [0.25, 0.3) is 0 Å². The first-order chi connectivity index (χ1) is 8.14. The van der Waals surface area contributed by atoms with E-state index in [1.807, 2.05) is 0 Å². The second-order valence-corrected chi connectivity index (χ2v) is 4.78. The lowest BCUT2D eigenvalue weighted by Gasteiger charge is -2.28. The highest BCUT2D eigenvalue weighted by atomic mass is 16.4. The number of nitrogens with zero attached hydrogens (tertiary/aromatic N) is 1. The fourth-order valence-corrected chi connectivity index (χ4v) is 2.38. The van der Waals surface area contributed by atoms with Gasteiger partial charge < -0.3 is 16.3 Å². The van der Waals surface area contributed by atoms with Gasteiger partial charge in [-0.05, 0) is 19.3 Å². The van der Waals surface area contributed by atoms with Crippen LogP contribution in [0.25, 0.3) is 0 Å². The van der Waals surface area contributed by atoms with E-state index in [2.05, 4.69) is 17.4 Å². The van der Waals surface area contributed by atoms with Gasteiger partial charge in [-0.15, -0.1) is 0 Å². The normalized spacial score (nSPS) is 19.2. The van der Waals surface area contributed by atoms with Gasteiger partial charge in [-0.25, -0.2) is 0 Å². The summed E-state index contributed by atoms with van der Waals surface area (Å²) in [4.78, 5) is 11.8. The highest BCUT2D eigenvalue weighted by Crippen LogP contribution is 2.30. The lowest BCUT2D eigenvalue weighted by Crippen LogP contribution is -2.55. The number of unbranched alkanes of at least 4 members (excludes halogenated alkanes) is 2. The molecule has 17 heavy (non-hydrogen) atoms. The molecule has 0 aromatic heterocycles. The molecule has 4 N–H and O–H groups in total. The Kier molecular flexibility index (Phi) is 5.25. The van der Waals surface area contributed by atoms with Crippen molar-refractivity contribution in [2.24, 2.45) is 10.9 Å². The molecule has 0 aromatic carbocycles. The largest absolute Gasteiger partial charge is 0.409 e. The van der Waals surface area contributed by atoms with E-state index in [1.54, 1.807) is 0 Å². The second kappa shape index (κ2) is 6.47. The Balaban J connectivity index is 2.53. The van der Waals surface area contributed by atoms with E-state index in [1.165, 1.54) is 0 Å². The van der Waals surface area contributed by atoms with Crippen molar-refractivity contribution in [1.29, 1.82) is 0 Å². The monoisotopic (exact) mass is 241 g/mol. The first kappa shape index (κ1) is 13.8. The maximum Gasteiger partial charge on any atom is 0.220 e. The molecule has 1 rings (SSSR count). The Labute approximate surface area is 102 Å². The summed E-state index contributed by atoms with van der Waals surface area (Å²) in [6.45, 7) is 2.10. The zero-order valence-corrected chi connectivity index (χ0v) is 10.5. The molecule has 1 fully saturated rings. The van der Waals surface area contributed by atoms with Crippen LogP contribution in [-0.2, 0) is 4.79 Å². The van der Waals surface area contributed by atoms with Crippen LogP contribution in [-0.4, -0.2) is 22.5 Å². The number of carbonyl (C=O) groups excluding carboxylic acids is 1. The zero-order chi connectivity index (χ0) is 12.7. The van der Waals surface area contributed by atoms with Crippen molar-refractivity contribution in [1.82, 2.24) is 5.32 Å².